The Morgan fingerprint density at radius 3 is 2.83 bits per heavy atom. The molecule has 0 bridgehead atoms. The Kier molecular flexibility index (Phi) is 6.40. The summed E-state index contributed by atoms with van der Waals surface area (Å²) < 4.78 is 18.6. The fraction of sp³-hybridized carbons (Fsp3) is 0.471. The zero-order valence-corrected chi connectivity index (χ0v) is 13.5. The van der Waals surface area contributed by atoms with Crippen LogP contribution in [0.3, 0.4) is 0 Å². The van der Waals surface area contributed by atoms with Crippen molar-refractivity contribution in [2.75, 3.05) is 26.7 Å². The maximum Gasteiger partial charge on any atom is 0.315 e. The van der Waals surface area contributed by atoms with Gasteiger partial charge in [-0.05, 0) is 30.5 Å². The number of hydrogen-bond donors (Lipinski definition) is 2. The third kappa shape index (κ3) is 5.25. The molecule has 2 N–H and O–H groups in total. The second-order valence-corrected chi connectivity index (χ2v) is 5.66. The van der Waals surface area contributed by atoms with Gasteiger partial charge in [-0.3, -0.25) is 4.90 Å². The number of nitrogens with zero attached hydrogens (tertiary/aromatic N) is 1. The number of hydrogen-bond acceptors (Lipinski definition) is 3. The Morgan fingerprint density at radius 2 is 2.22 bits per heavy atom. The molecule has 0 aromatic heterocycles. The number of methoxy groups -OCH3 is 1. The third-order valence-electron chi connectivity index (χ3n) is 3.95. The molecule has 1 aromatic rings. The number of benzene rings is 1. The molecule has 1 aliphatic heterocycles. The topological polar surface area (TPSA) is 53.6 Å². The van der Waals surface area contributed by atoms with Gasteiger partial charge in [0.05, 0.1) is 7.11 Å². The van der Waals surface area contributed by atoms with Crippen molar-refractivity contribution in [2.24, 2.45) is 0 Å². The van der Waals surface area contributed by atoms with E-state index in [-0.39, 0.29) is 23.6 Å². The molecule has 5 nitrogen and oxygen atoms in total. The molecule has 0 radical (unpaired) electrons. The molecule has 0 unspecified atom stereocenters. The maximum atomic E-state index is 13.7. The number of carbonyl (C=O) groups is 1. The monoisotopic (exact) mass is 321 g/mol. The second-order valence-electron chi connectivity index (χ2n) is 5.66. The second kappa shape index (κ2) is 8.53. The number of likely N-dealkylation sites (tertiary alicyclic amines) is 1. The molecular formula is C17H24FN3O2. The van der Waals surface area contributed by atoms with Crippen molar-refractivity contribution in [1.82, 2.24) is 15.5 Å². The smallest absolute Gasteiger partial charge is 0.315 e. The van der Waals surface area contributed by atoms with E-state index in [4.69, 9.17) is 4.74 Å². The van der Waals surface area contributed by atoms with Gasteiger partial charge in [0.15, 0.2) is 11.6 Å². The summed E-state index contributed by atoms with van der Waals surface area (Å²) in [6, 6.07) is 5.09. The first-order chi connectivity index (χ1) is 11.1. The van der Waals surface area contributed by atoms with Gasteiger partial charge in [0, 0.05) is 32.2 Å². The van der Waals surface area contributed by atoms with Crippen molar-refractivity contribution in [2.45, 2.75) is 25.4 Å². The highest BCUT2D eigenvalue weighted by Crippen LogP contribution is 2.20. The van der Waals surface area contributed by atoms with E-state index >= 15 is 0 Å². The van der Waals surface area contributed by atoms with E-state index in [0.717, 1.165) is 31.5 Å². The summed E-state index contributed by atoms with van der Waals surface area (Å²) in [4.78, 5) is 13.9. The minimum Gasteiger partial charge on any atom is -0.494 e. The Labute approximate surface area is 136 Å². The van der Waals surface area contributed by atoms with Gasteiger partial charge in [-0.1, -0.05) is 12.1 Å². The van der Waals surface area contributed by atoms with Crippen LogP contribution in [-0.4, -0.2) is 43.7 Å². The third-order valence-corrected chi connectivity index (χ3v) is 3.95. The minimum atomic E-state index is -0.333. The van der Waals surface area contributed by atoms with E-state index in [0.29, 0.717) is 13.1 Å². The molecule has 1 heterocycles. The van der Waals surface area contributed by atoms with E-state index in [2.05, 4.69) is 22.1 Å². The van der Waals surface area contributed by atoms with Crippen LogP contribution < -0.4 is 15.4 Å². The first-order valence-corrected chi connectivity index (χ1v) is 7.82. The summed E-state index contributed by atoms with van der Waals surface area (Å²) in [5.41, 5.74) is 0.929. The molecule has 0 aliphatic carbocycles. The zero-order chi connectivity index (χ0) is 16.7. The number of urea groups is 1. The molecule has 0 spiro atoms. The molecule has 1 fully saturated rings. The Balaban J connectivity index is 1.77. The van der Waals surface area contributed by atoms with Gasteiger partial charge in [0.1, 0.15) is 0 Å². The molecule has 1 aliphatic rings. The number of amides is 2. The van der Waals surface area contributed by atoms with Gasteiger partial charge >= 0.3 is 6.03 Å². The molecule has 2 amide bonds. The highest BCUT2D eigenvalue weighted by atomic mass is 19.1. The van der Waals surface area contributed by atoms with Gasteiger partial charge < -0.3 is 15.4 Å². The molecule has 1 aromatic carbocycles. The van der Waals surface area contributed by atoms with E-state index in [9.17, 15) is 9.18 Å². The Hall–Kier alpha value is -2.08. The number of nitrogens with one attached hydrogen (secondary N) is 2. The van der Waals surface area contributed by atoms with Crippen molar-refractivity contribution in [3.8, 4) is 5.75 Å². The average molecular weight is 321 g/mol. The standard InChI is InChI=1S/C17H24FN3O2/c1-3-8-19-17(22)20-14-6-9-21(10-7-14)12-13-4-5-16(23-2)15(18)11-13/h3-5,11,14H,1,6-10,12H2,2H3,(H2,19,20,22). The van der Waals surface area contributed by atoms with Crippen LogP contribution in [0.5, 0.6) is 5.75 Å². The molecular weight excluding hydrogens is 297 g/mol. The van der Waals surface area contributed by atoms with Crippen molar-refractivity contribution >= 4 is 6.03 Å². The number of ether oxygens (including phenoxy) is 1. The lowest BCUT2D eigenvalue weighted by Crippen LogP contribution is -2.47. The summed E-state index contributed by atoms with van der Waals surface area (Å²) in [7, 11) is 1.46. The summed E-state index contributed by atoms with van der Waals surface area (Å²) in [5.74, 6) is -0.0670. The number of rotatable bonds is 6. The molecule has 126 valence electrons. The normalized spacial score (nSPS) is 15.9. The molecule has 6 heteroatoms. The lowest BCUT2D eigenvalue weighted by atomic mass is 10.0. The quantitative estimate of drug-likeness (QED) is 0.791. The Bertz CT molecular complexity index is 543. The molecule has 2 rings (SSSR count). The summed E-state index contributed by atoms with van der Waals surface area (Å²) in [6.45, 7) is 6.48. The van der Waals surface area contributed by atoms with E-state index < -0.39 is 0 Å². The highest BCUT2D eigenvalue weighted by Gasteiger charge is 2.20. The first-order valence-electron chi connectivity index (χ1n) is 7.82. The fourth-order valence-electron chi connectivity index (χ4n) is 2.70. The summed E-state index contributed by atoms with van der Waals surface area (Å²) >= 11 is 0. The van der Waals surface area contributed by atoms with Crippen LogP contribution in [-0.2, 0) is 6.54 Å². The highest BCUT2D eigenvalue weighted by molar-refractivity contribution is 5.74. The zero-order valence-electron chi connectivity index (χ0n) is 13.5. The minimum absolute atomic E-state index is 0.152. The van der Waals surface area contributed by atoms with Crippen LogP contribution in [0.4, 0.5) is 9.18 Å². The lowest BCUT2D eigenvalue weighted by Gasteiger charge is -2.32. The van der Waals surface area contributed by atoms with E-state index in [1.54, 1.807) is 12.1 Å². The van der Waals surface area contributed by atoms with Crippen molar-refractivity contribution in [1.29, 1.82) is 0 Å². The van der Waals surface area contributed by atoms with Gasteiger partial charge in [-0.25, -0.2) is 9.18 Å². The molecule has 23 heavy (non-hydrogen) atoms. The van der Waals surface area contributed by atoms with Crippen LogP contribution in [0.2, 0.25) is 0 Å². The van der Waals surface area contributed by atoms with E-state index in [1.807, 2.05) is 6.07 Å². The predicted octanol–water partition coefficient (Wildman–Crippen LogP) is 2.28. The lowest BCUT2D eigenvalue weighted by molar-refractivity contribution is 0.187. The maximum absolute atomic E-state index is 13.7. The van der Waals surface area contributed by atoms with Crippen molar-refractivity contribution < 1.29 is 13.9 Å². The van der Waals surface area contributed by atoms with Gasteiger partial charge in [0.25, 0.3) is 0 Å². The van der Waals surface area contributed by atoms with Gasteiger partial charge in [0.2, 0.25) is 0 Å². The van der Waals surface area contributed by atoms with Crippen molar-refractivity contribution in [3.05, 3.63) is 42.2 Å². The SMILES string of the molecule is C=CCNC(=O)NC1CCN(Cc2ccc(OC)c(F)c2)CC1. The average Bonchev–Trinajstić information content (AvgIpc) is 2.55. The number of piperidine rings is 1. The molecule has 0 atom stereocenters. The van der Waals surface area contributed by atoms with E-state index in [1.165, 1.54) is 13.2 Å². The van der Waals surface area contributed by atoms with Crippen LogP contribution in [0.15, 0.2) is 30.9 Å². The largest absolute Gasteiger partial charge is 0.494 e. The molecule has 1 saturated heterocycles. The summed E-state index contributed by atoms with van der Waals surface area (Å²) in [5, 5.41) is 5.67. The Morgan fingerprint density at radius 1 is 1.48 bits per heavy atom. The number of carbonyl (C=O) groups excluding carboxylic acids is 1. The van der Waals surface area contributed by atoms with Crippen LogP contribution in [0, 0.1) is 5.82 Å². The van der Waals surface area contributed by atoms with Gasteiger partial charge in [-0.15, -0.1) is 6.58 Å². The van der Waals surface area contributed by atoms with Crippen LogP contribution in [0.1, 0.15) is 18.4 Å². The van der Waals surface area contributed by atoms with Gasteiger partial charge in [-0.2, -0.15) is 0 Å². The predicted molar refractivity (Wildman–Crippen MR) is 88.0 cm³/mol. The molecule has 0 saturated carbocycles. The van der Waals surface area contributed by atoms with Crippen molar-refractivity contribution in [3.63, 3.8) is 0 Å². The van der Waals surface area contributed by atoms with Crippen LogP contribution >= 0.6 is 0 Å². The first kappa shape index (κ1) is 17.3. The van der Waals surface area contributed by atoms with Crippen LogP contribution in [0.25, 0.3) is 0 Å². The summed E-state index contributed by atoms with van der Waals surface area (Å²) in [6.07, 6.45) is 3.43. The fourth-order valence-corrected chi connectivity index (χ4v) is 2.70. The number of halogens is 1.